The second-order valence-electron chi connectivity index (χ2n) is 7.85. The molecule has 1 heterocycles. The first-order chi connectivity index (χ1) is 14.2. The number of halogens is 1. The monoisotopic (exact) mass is 505 g/mol. The summed E-state index contributed by atoms with van der Waals surface area (Å²) in [4.78, 5) is 12.5. The first kappa shape index (κ1) is 22.8. The molecule has 1 aliphatic heterocycles. The van der Waals surface area contributed by atoms with E-state index in [4.69, 9.17) is 21.7 Å². The van der Waals surface area contributed by atoms with Gasteiger partial charge in [-0.1, -0.05) is 69.0 Å². The van der Waals surface area contributed by atoms with Crippen LogP contribution in [0.2, 0.25) is 0 Å². The Hall–Kier alpha value is -1.83. The first-order valence-corrected chi connectivity index (χ1v) is 11.6. The van der Waals surface area contributed by atoms with Crippen molar-refractivity contribution in [2.24, 2.45) is 0 Å². The summed E-state index contributed by atoms with van der Waals surface area (Å²) in [5.41, 5.74) is 3.31. The third kappa shape index (κ3) is 5.65. The molecular formula is C23H24BrNO3S2. The molecule has 0 spiro atoms. The summed E-state index contributed by atoms with van der Waals surface area (Å²) in [6, 6.07) is 12.2. The van der Waals surface area contributed by atoms with Crippen LogP contribution in [0.3, 0.4) is 0 Å². The van der Waals surface area contributed by atoms with E-state index in [0.29, 0.717) is 33.9 Å². The minimum absolute atomic E-state index is 0.118. The average Bonchev–Trinajstić information content (AvgIpc) is 2.98. The van der Waals surface area contributed by atoms with Gasteiger partial charge in [0.2, 0.25) is 0 Å². The van der Waals surface area contributed by atoms with E-state index in [9.17, 15) is 4.79 Å². The molecule has 0 saturated carbocycles. The molecule has 4 nitrogen and oxygen atoms in total. The summed E-state index contributed by atoms with van der Waals surface area (Å²) in [6.07, 6.45) is 1.79. The van der Waals surface area contributed by atoms with Crippen molar-refractivity contribution in [3.8, 4) is 11.5 Å². The molecule has 30 heavy (non-hydrogen) atoms. The maximum Gasteiger partial charge on any atom is 0.263 e. The van der Waals surface area contributed by atoms with Crippen molar-refractivity contribution in [1.82, 2.24) is 5.32 Å². The van der Waals surface area contributed by atoms with Crippen LogP contribution in [0.5, 0.6) is 11.5 Å². The number of carbonyl (C=O) groups is 1. The number of thiocarbonyl (C=S) groups is 1. The van der Waals surface area contributed by atoms with E-state index >= 15 is 0 Å². The van der Waals surface area contributed by atoms with Crippen LogP contribution in [0.1, 0.15) is 44.4 Å². The van der Waals surface area contributed by atoms with E-state index < -0.39 is 0 Å². The summed E-state index contributed by atoms with van der Waals surface area (Å²) in [5, 5.41) is 2.62. The Morgan fingerprint density at radius 3 is 2.43 bits per heavy atom. The summed E-state index contributed by atoms with van der Waals surface area (Å²) < 4.78 is 13.1. The molecule has 1 N–H and O–H groups in total. The predicted molar refractivity (Wildman–Crippen MR) is 131 cm³/mol. The molecule has 158 valence electrons. The molecule has 0 radical (unpaired) electrons. The summed E-state index contributed by atoms with van der Waals surface area (Å²) in [5.74, 6) is 1.08. The molecule has 2 aromatic carbocycles. The second-order valence-corrected chi connectivity index (χ2v) is 10.4. The van der Waals surface area contributed by atoms with E-state index in [0.717, 1.165) is 15.6 Å². The molecule has 1 aliphatic rings. The first-order valence-electron chi connectivity index (χ1n) is 9.61. The number of hydrogen-bond donors (Lipinski definition) is 1. The van der Waals surface area contributed by atoms with Gasteiger partial charge in [0.1, 0.15) is 10.9 Å². The highest BCUT2D eigenvalue weighted by molar-refractivity contribution is 9.10. The molecule has 0 aliphatic carbocycles. The summed E-state index contributed by atoms with van der Waals surface area (Å²) >= 11 is 9.89. The van der Waals surface area contributed by atoms with Gasteiger partial charge in [0.05, 0.1) is 16.0 Å². The van der Waals surface area contributed by atoms with Gasteiger partial charge in [-0.05, 0) is 63.2 Å². The zero-order chi connectivity index (χ0) is 21.9. The van der Waals surface area contributed by atoms with Crippen molar-refractivity contribution in [2.45, 2.75) is 39.7 Å². The third-order valence-corrected chi connectivity index (χ3v) is 6.23. The number of rotatable bonds is 6. The highest BCUT2D eigenvalue weighted by Gasteiger charge is 2.22. The van der Waals surface area contributed by atoms with Crippen LogP contribution in [-0.2, 0) is 16.8 Å². The fraction of sp³-hybridized carbons (Fsp3) is 0.304. The molecule has 2 aromatic rings. The summed E-state index contributed by atoms with van der Waals surface area (Å²) in [7, 11) is 0. The molecule has 7 heteroatoms. The fourth-order valence-corrected chi connectivity index (χ4v) is 4.52. The lowest BCUT2D eigenvalue weighted by Crippen LogP contribution is -2.17. The van der Waals surface area contributed by atoms with Gasteiger partial charge in [-0.3, -0.25) is 4.79 Å². The Labute approximate surface area is 195 Å². The van der Waals surface area contributed by atoms with Crippen molar-refractivity contribution in [3.05, 3.63) is 62.5 Å². The van der Waals surface area contributed by atoms with E-state index in [-0.39, 0.29) is 11.3 Å². The molecule has 0 aromatic heterocycles. The molecule has 3 rings (SSSR count). The number of nitrogens with one attached hydrogen (secondary N) is 1. The van der Waals surface area contributed by atoms with Gasteiger partial charge in [0, 0.05) is 0 Å². The lowest BCUT2D eigenvalue weighted by atomic mass is 9.87. The van der Waals surface area contributed by atoms with E-state index in [2.05, 4.69) is 66.3 Å². The molecular weight excluding hydrogens is 482 g/mol. The number of carbonyl (C=O) groups excluding carboxylic acids is 1. The van der Waals surface area contributed by atoms with Crippen LogP contribution in [0, 0.1) is 0 Å². The topological polar surface area (TPSA) is 47.6 Å². The second kappa shape index (κ2) is 9.54. The number of ether oxygens (including phenoxy) is 2. The number of benzene rings is 2. The molecule has 0 atom stereocenters. The zero-order valence-electron chi connectivity index (χ0n) is 17.4. The standard InChI is InChI=1S/C23H24BrNO3S2/c1-5-27-18-11-15(12-19-21(26)25-22(29)30-19)10-17(24)20(18)28-13-14-6-8-16(9-7-14)23(2,3)4/h6-12H,5,13H2,1-4H3,(H,25,26,29)/b19-12+. The van der Waals surface area contributed by atoms with Crippen LogP contribution >= 0.6 is 39.9 Å². The SMILES string of the molecule is CCOc1cc(/C=C2/SC(=S)NC2=O)cc(Br)c1OCc1ccc(C(C)(C)C)cc1. The van der Waals surface area contributed by atoms with E-state index in [1.165, 1.54) is 17.3 Å². The molecule has 1 amide bonds. The van der Waals surface area contributed by atoms with Gasteiger partial charge in [-0.15, -0.1) is 0 Å². The van der Waals surface area contributed by atoms with Gasteiger partial charge < -0.3 is 14.8 Å². The maximum absolute atomic E-state index is 11.9. The zero-order valence-corrected chi connectivity index (χ0v) is 20.6. The largest absolute Gasteiger partial charge is 0.490 e. The maximum atomic E-state index is 11.9. The van der Waals surface area contributed by atoms with Crippen LogP contribution in [0.15, 0.2) is 45.8 Å². The van der Waals surface area contributed by atoms with Crippen molar-refractivity contribution in [2.75, 3.05) is 6.61 Å². The van der Waals surface area contributed by atoms with Gasteiger partial charge in [0.25, 0.3) is 5.91 Å². The predicted octanol–water partition coefficient (Wildman–Crippen LogP) is 6.21. The smallest absolute Gasteiger partial charge is 0.263 e. The van der Waals surface area contributed by atoms with Crippen LogP contribution in [0.4, 0.5) is 0 Å². The Morgan fingerprint density at radius 2 is 1.87 bits per heavy atom. The quantitative estimate of drug-likeness (QED) is 0.373. The van der Waals surface area contributed by atoms with Crippen molar-refractivity contribution >= 4 is 56.2 Å². The minimum atomic E-state index is -0.182. The van der Waals surface area contributed by atoms with E-state index in [1.54, 1.807) is 6.08 Å². The average molecular weight is 506 g/mol. The Kier molecular flexibility index (Phi) is 7.26. The van der Waals surface area contributed by atoms with Gasteiger partial charge in [0.15, 0.2) is 11.5 Å². The van der Waals surface area contributed by atoms with Gasteiger partial charge >= 0.3 is 0 Å². The number of thioether (sulfide) groups is 1. The summed E-state index contributed by atoms with van der Waals surface area (Å²) in [6.45, 7) is 9.44. The fourth-order valence-electron chi connectivity index (χ4n) is 2.90. The Balaban J connectivity index is 1.81. The van der Waals surface area contributed by atoms with Crippen LogP contribution in [-0.4, -0.2) is 16.8 Å². The molecule has 1 saturated heterocycles. The lowest BCUT2D eigenvalue weighted by molar-refractivity contribution is -0.115. The lowest BCUT2D eigenvalue weighted by Gasteiger charge is -2.19. The van der Waals surface area contributed by atoms with Gasteiger partial charge in [-0.2, -0.15) is 0 Å². The van der Waals surface area contributed by atoms with Crippen molar-refractivity contribution < 1.29 is 14.3 Å². The third-order valence-electron chi connectivity index (χ3n) is 4.47. The van der Waals surface area contributed by atoms with Crippen molar-refractivity contribution in [1.29, 1.82) is 0 Å². The van der Waals surface area contributed by atoms with Crippen molar-refractivity contribution in [3.63, 3.8) is 0 Å². The number of amides is 1. The normalized spacial score (nSPS) is 15.4. The Bertz CT molecular complexity index is 995. The molecule has 0 bridgehead atoms. The molecule has 0 unspecified atom stereocenters. The van der Waals surface area contributed by atoms with Gasteiger partial charge in [-0.25, -0.2) is 0 Å². The van der Waals surface area contributed by atoms with E-state index in [1.807, 2.05) is 19.1 Å². The van der Waals surface area contributed by atoms with Crippen LogP contribution in [0.25, 0.3) is 6.08 Å². The number of hydrogen-bond acceptors (Lipinski definition) is 5. The highest BCUT2D eigenvalue weighted by Crippen LogP contribution is 2.39. The van der Waals surface area contributed by atoms with Crippen LogP contribution < -0.4 is 14.8 Å². The minimum Gasteiger partial charge on any atom is -0.490 e. The highest BCUT2D eigenvalue weighted by atomic mass is 79.9. The Morgan fingerprint density at radius 1 is 1.17 bits per heavy atom. The molecule has 1 fully saturated rings.